The smallest absolute Gasteiger partial charge is 0.255 e. The number of carbonyl (C=O) groups excluding carboxylic acids is 1. The van der Waals surface area contributed by atoms with Crippen molar-refractivity contribution >= 4 is 11.6 Å². The molecule has 1 amide bonds. The lowest BCUT2D eigenvalue weighted by Gasteiger charge is -2.10. The van der Waals surface area contributed by atoms with Gasteiger partial charge in [0.25, 0.3) is 5.91 Å². The van der Waals surface area contributed by atoms with Crippen molar-refractivity contribution in [3.8, 4) is 5.75 Å². The summed E-state index contributed by atoms with van der Waals surface area (Å²) in [6.45, 7) is 6.54. The molecule has 0 heterocycles. The topological polar surface area (TPSA) is 38.3 Å². The van der Waals surface area contributed by atoms with Gasteiger partial charge in [0.05, 0.1) is 6.61 Å². The van der Waals surface area contributed by atoms with Crippen molar-refractivity contribution < 1.29 is 9.53 Å². The molecule has 0 atom stereocenters. The third-order valence-electron chi connectivity index (χ3n) is 3.07. The Kier molecular flexibility index (Phi) is 4.41. The van der Waals surface area contributed by atoms with Gasteiger partial charge in [-0.3, -0.25) is 4.79 Å². The van der Waals surface area contributed by atoms with E-state index >= 15 is 0 Å². The molecular weight excluding hydrogens is 250 g/mol. The zero-order valence-electron chi connectivity index (χ0n) is 12.1. The van der Waals surface area contributed by atoms with E-state index in [0.717, 1.165) is 22.6 Å². The lowest BCUT2D eigenvalue weighted by atomic mass is 10.1. The average Bonchev–Trinajstić information content (AvgIpc) is 2.44. The molecule has 0 saturated heterocycles. The maximum atomic E-state index is 12.2. The monoisotopic (exact) mass is 269 g/mol. The van der Waals surface area contributed by atoms with Gasteiger partial charge < -0.3 is 10.1 Å². The Morgan fingerprint density at radius 3 is 2.45 bits per heavy atom. The standard InChI is InChI=1S/C17H19NO2/c1-4-20-15-9-7-14(8-10-15)17(19)18-16-11-12(2)5-6-13(16)3/h5-11H,4H2,1-3H3,(H,18,19). The van der Waals surface area contributed by atoms with Crippen LogP contribution in [0.5, 0.6) is 5.75 Å². The van der Waals surface area contributed by atoms with Crippen LogP contribution in [0.15, 0.2) is 42.5 Å². The number of amides is 1. The second kappa shape index (κ2) is 6.24. The summed E-state index contributed by atoms with van der Waals surface area (Å²) in [4.78, 5) is 12.2. The average molecular weight is 269 g/mol. The van der Waals surface area contributed by atoms with Gasteiger partial charge >= 0.3 is 0 Å². The molecule has 2 aromatic rings. The first-order valence-corrected chi connectivity index (χ1v) is 6.71. The number of aryl methyl sites for hydroxylation is 2. The van der Waals surface area contributed by atoms with Crippen molar-refractivity contribution in [1.82, 2.24) is 0 Å². The minimum absolute atomic E-state index is 0.109. The molecule has 0 saturated carbocycles. The van der Waals surface area contributed by atoms with Gasteiger partial charge in [-0.25, -0.2) is 0 Å². The largest absolute Gasteiger partial charge is 0.494 e. The van der Waals surface area contributed by atoms with Crippen LogP contribution in [0.4, 0.5) is 5.69 Å². The summed E-state index contributed by atoms with van der Waals surface area (Å²) < 4.78 is 5.36. The van der Waals surface area contributed by atoms with Crippen LogP contribution in [0.1, 0.15) is 28.4 Å². The van der Waals surface area contributed by atoms with E-state index in [1.54, 1.807) is 12.1 Å². The van der Waals surface area contributed by atoms with Crippen LogP contribution in [0.25, 0.3) is 0 Å². The molecule has 0 aromatic heterocycles. The maximum Gasteiger partial charge on any atom is 0.255 e. The summed E-state index contributed by atoms with van der Waals surface area (Å²) in [7, 11) is 0. The van der Waals surface area contributed by atoms with Gasteiger partial charge in [0.15, 0.2) is 0 Å². The highest BCUT2D eigenvalue weighted by Gasteiger charge is 2.08. The first kappa shape index (κ1) is 14.1. The third-order valence-corrected chi connectivity index (χ3v) is 3.07. The van der Waals surface area contributed by atoms with Crippen molar-refractivity contribution in [3.63, 3.8) is 0 Å². The lowest BCUT2D eigenvalue weighted by molar-refractivity contribution is 0.102. The highest BCUT2D eigenvalue weighted by atomic mass is 16.5. The van der Waals surface area contributed by atoms with Crippen LogP contribution >= 0.6 is 0 Å². The summed E-state index contributed by atoms with van der Waals surface area (Å²) in [6, 6.07) is 13.2. The van der Waals surface area contributed by atoms with E-state index in [2.05, 4.69) is 5.32 Å². The summed E-state index contributed by atoms with van der Waals surface area (Å²) in [5.74, 6) is 0.664. The van der Waals surface area contributed by atoms with Crippen molar-refractivity contribution in [2.75, 3.05) is 11.9 Å². The zero-order chi connectivity index (χ0) is 14.5. The molecule has 1 N–H and O–H groups in total. The molecule has 2 rings (SSSR count). The van der Waals surface area contributed by atoms with E-state index in [4.69, 9.17) is 4.74 Å². The Labute approximate surface area is 119 Å². The van der Waals surface area contributed by atoms with Crippen LogP contribution in [0.2, 0.25) is 0 Å². The molecule has 0 aliphatic rings. The van der Waals surface area contributed by atoms with Crippen LogP contribution in [-0.2, 0) is 0 Å². The molecule has 3 nitrogen and oxygen atoms in total. The number of benzene rings is 2. The van der Waals surface area contributed by atoms with Gasteiger partial charge in [0.1, 0.15) is 5.75 Å². The SMILES string of the molecule is CCOc1ccc(C(=O)Nc2cc(C)ccc2C)cc1. The van der Waals surface area contributed by atoms with E-state index in [9.17, 15) is 4.79 Å². The van der Waals surface area contributed by atoms with Gasteiger partial charge in [-0.15, -0.1) is 0 Å². The van der Waals surface area contributed by atoms with E-state index in [1.807, 2.05) is 51.1 Å². The minimum Gasteiger partial charge on any atom is -0.494 e. The molecule has 0 spiro atoms. The highest BCUT2D eigenvalue weighted by Crippen LogP contribution is 2.18. The van der Waals surface area contributed by atoms with Gasteiger partial charge in [-0.1, -0.05) is 12.1 Å². The first-order chi connectivity index (χ1) is 9.60. The van der Waals surface area contributed by atoms with Crippen LogP contribution in [0, 0.1) is 13.8 Å². The molecule has 20 heavy (non-hydrogen) atoms. The molecule has 0 bridgehead atoms. The van der Waals surface area contributed by atoms with Crippen molar-refractivity contribution in [2.24, 2.45) is 0 Å². The number of hydrogen-bond acceptors (Lipinski definition) is 2. The van der Waals surface area contributed by atoms with E-state index in [0.29, 0.717) is 12.2 Å². The predicted octanol–water partition coefficient (Wildman–Crippen LogP) is 3.95. The van der Waals surface area contributed by atoms with E-state index < -0.39 is 0 Å². The molecule has 0 aliphatic carbocycles. The molecule has 0 aliphatic heterocycles. The molecule has 0 radical (unpaired) electrons. The Bertz CT molecular complexity index is 603. The molecular formula is C17H19NO2. The summed E-state index contributed by atoms with van der Waals surface area (Å²) >= 11 is 0. The third kappa shape index (κ3) is 3.38. The fraction of sp³-hybridized carbons (Fsp3) is 0.235. The summed E-state index contributed by atoms with van der Waals surface area (Å²) in [5, 5.41) is 2.94. The molecule has 104 valence electrons. The van der Waals surface area contributed by atoms with Crippen LogP contribution in [0.3, 0.4) is 0 Å². The van der Waals surface area contributed by atoms with Gasteiger partial charge in [0.2, 0.25) is 0 Å². The fourth-order valence-electron chi connectivity index (χ4n) is 1.93. The Morgan fingerprint density at radius 1 is 1.10 bits per heavy atom. The Hall–Kier alpha value is -2.29. The van der Waals surface area contributed by atoms with Gasteiger partial charge in [-0.2, -0.15) is 0 Å². The van der Waals surface area contributed by atoms with Crippen molar-refractivity contribution in [2.45, 2.75) is 20.8 Å². The maximum absolute atomic E-state index is 12.2. The second-order valence-electron chi connectivity index (χ2n) is 4.73. The highest BCUT2D eigenvalue weighted by molar-refractivity contribution is 6.04. The Balaban J connectivity index is 2.13. The van der Waals surface area contributed by atoms with Gasteiger partial charge in [0, 0.05) is 11.3 Å². The summed E-state index contributed by atoms with van der Waals surface area (Å²) in [5.41, 5.74) is 3.64. The quantitative estimate of drug-likeness (QED) is 0.912. The van der Waals surface area contributed by atoms with Gasteiger partial charge in [-0.05, 0) is 62.2 Å². The van der Waals surface area contributed by atoms with Crippen molar-refractivity contribution in [1.29, 1.82) is 0 Å². The molecule has 0 fully saturated rings. The van der Waals surface area contributed by atoms with Crippen LogP contribution in [-0.4, -0.2) is 12.5 Å². The lowest BCUT2D eigenvalue weighted by Crippen LogP contribution is -2.12. The Morgan fingerprint density at radius 2 is 1.80 bits per heavy atom. The van der Waals surface area contributed by atoms with E-state index in [1.165, 1.54) is 0 Å². The van der Waals surface area contributed by atoms with E-state index in [-0.39, 0.29) is 5.91 Å². The van der Waals surface area contributed by atoms with Crippen molar-refractivity contribution in [3.05, 3.63) is 59.2 Å². The second-order valence-corrected chi connectivity index (χ2v) is 4.73. The first-order valence-electron chi connectivity index (χ1n) is 6.71. The number of rotatable bonds is 4. The molecule has 3 heteroatoms. The number of carbonyl (C=O) groups is 1. The predicted molar refractivity (Wildman–Crippen MR) is 81.5 cm³/mol. The number of hydrogen-bond donors (Lipinski definition) is 1. The summed E-state index contributed by atoms with van der Waals surface area (Å²) in [6.07, 6.45) is 0. The fourth-order valence-corrected chi connectivity index (χ4v) is 1.93. The molecule has 2 aromatic carbocycles. The minimum atomic E-state index is -0.109. The normalized spacial score (nSPS) is 10.2. The number of anilines is 1. The zero-order valence-corrected chi connectivity index (χ0v) is 12.1. The number of nitrogens with one attached hydrogen (secondary N) is 1. The number of ether oxygens (including phenoxy) is 1. The van der Waals surface area contributed by atoms with Crippen LogP contribution < -0.4 is 10.1 Å². The molecule has 0 unspecified atom stereocenters.